The van der Waals surface area contributed by atoms with Gasteiger partial charge in [0.2, 0.25) is 11.8 Å². The van der Waals surface area contributed by atoms with E-state index in [1.807, 2.05) is 12.2 Å². The van der Waals surface area contributed by atoms with Crippen molar-refractivity contribution in [3.05, 3.63) is 24.3 Å². The van der Waals surface area contributed by atoms with Gasteiger partial charge < -0.3 is 15.4 Å². The van der Waals surface area contributed by atoms with E-state index in [2.05, 4.69) is 15.4 Å². The molecule has 0 radical (unpaired) electrons. The van der Waals surface area contributed by atoms with E-state index in [0.29, 0.717) is 5.92 Å². The maximum absolute atomic E-state index is 12.0. The fourth-order valence-electron chi connectivity index (χ4n) is 3.44. The van der Waals surface area contributed by atoms with Gasteiger partial charge in [0, 0.05) is 6.54 Å². The first-order chi connectivity index (χ1) is 12.5. The molecule has 2 rings (SSSR count). The van der Waals surface area contributed by atoms with Crippen molar-refractivity contribution in [3.8, 4) is 0 Å². The van der Waals surface area contributed by atoms with Gasteiger partial charge in [-0.2, -0.15) is 0 Å². The van der Waals surface area contributed by atoms with Crippen molar-refractivity contribution in [3.63, 3.8) is 0 Å². The van der Waals surface area contributed by atoms with Gasteiger partial charge in [-0.1, -0.05) is 18.6 Å². The van der Waals surface area contributed by atoms with Crippen molar-refractivity contribution in [2.75, 3.05) is 13.7 Å². The zero-order valence-corrected chi connectivity index (χ0v) is 15.0. The molecule has 2 aliphatic rings. The fourth-order valence-corrected chi connectivity index (χ4v) is 3.44. The summed E-state index contributed by atoms with van der Waals surface area (Å²) in [6, 6.07) is -0.902. The van der Waals surface area contributed by atoms with Crippen LogP contribution in [0.3, 0.4) is 0 Å². The van der Waals surface area contributed by atoms with Crippen molar-refractivity contribution in [1.29, 1.82) is 0 Å². The van der Waals surface area contributed by atoms with Crippen LogP contribution < -0.4 is 10.6 Å². The average molecular weight is 362 g/mol. The van der Waals surface area contributed by atoms with E-state index in [-0.39, 0.29) is 37.0 Å². The van der Waals surface area contributed by atoms with Gasteiger partial charge in [0.25, 0.3) is 0 Å². The number of nitrogens with one attached hydrogen (secondary N) is 2. The molecule has 0 saturated heterocycles. The summed E-state index contributed by atoms with van der Waals surface area (Å²) in [7, 11) is 1.22. The monoisotopic (exact) mass is 362 g/mol. The van der Waals surface area contributed by atoms with Crippen LogP contribution in [-0.2, 0) is 23.9 Å². The summed E-state index contributed by atoms with van der Waals surface area (Å²) in [6.07, 6.45) is 10.5. The number of hydrogen-bond acceptors (Lipinski definition) is 5. The summed E-state index contributed by atoms with van der Waals surface area (Å²) in [5.74, 6) is -0.962. The number of hydrogen-bond donors (Lipinski definition) is 2. The molecule has 1 heterocycles. The first-order valence-electron chi connectivity index (χ1n) is 9.02. The molecule has 1 fully saturated rings. The van der Waals surface area contributed by atoms with Crippen molar-refractivity contribution in [2.45, 2.75) is 44.6 Å². The highest BCUT2D eigenvalue weighted by molar-refractivity contribution is 6.04. The third-order valence-electron chi connectivity index (χ3n) is 4.84. The topological polar surface area (TPSA) is 102 Å². The SMILES string of the molecule is COC(=O)C1CCNC(=O)C=CCC2CCCC2C=CC(=O)CC(=O)N1. The van der Waals surface area contributed by atoms with Crippen LogP contribution in [0.25, 0.3) is 0 Å². The zero-order valence-electron chi connectivity index (χ0n) is 15.0. The van der Waals surface area contributed by atoms with Crippen LogP contribution >= 0.6 is 0 Å². The summed E-state index contributed by atoms with van der Waals surface area (Å²) in [5, 5.41) is 5.19. The number of carbonyl (C=O) groups excluding carboxylic acids is 4. The molecule has 1 aliphatic heterocycles. The lowest BCUT2D eigenvalue weighted by molar-refractivity contribution is -0.145. The first-order valence-corrected chi connectivity index (χ1v) is 9.02. The molecule has 142 valence electrons. The van der Waals surface area contributed by atoms with E-state index in [0.717, 1.165) is 25.7 Å². The third-order valence-corrected chi connectivity index (χ3v) is 4.84. The highest BCUT2D eigenvalue weighted by atomic mass is 16.5. The second-order valence-corrected chi connectivity index (χ2v) is 6.72. The number of esters is 1. The van der Waals surface area contributed by atoms with Gasteiger partial charge in [-0.3, -0.25) is 14.4 Å². The molecule has 26 heavy (non-hydrogen) atoms. The summed E-state index contributed by atoms with van der Waals surface area (Å²) >= 11 is 0. The van der Waals surface area contributed by atoms with E-state index < -0.39 is 17.9 Å². The Bertz CT molecular complexity index is 611. The standard InChI is InChI=1S/C19H26N2O5/c1-26-19(25)16-10-11-20-17(23)7-3-6-13-4-2-5-14(13)8-9-15(22)12-18(24)21-16/h3,7-9,13-14,16H,2,4-6,10-12H2,1H3,(H,20,23)(H,21,24). The number of allylic oxidation sites excluding steroid dienone is 3. The first kappa shape index (κ1) is 19.9. The predicted octanol–water partition coefficient (Wildman–Crippen LogP) is 1.04. The number of methoxy groups -OCH3 is 1. The lowest BCUT2D eigenvalue weighted by atomic mass is 9.92. The lowest BCUT2D eigenvalue weighted by Gasteiger charge is -2.17. The van der Waals surface area contributed by atoms with Crippen LogP contribution in [0.5, 0.6) is 0 Å². The van der Waals surface area contributed by atoms with Gasteiger partial charge in [-0.15, -0.1) is 0 Å². The van der Waals surface area contributed by atoms with Crippen molar-refractivity contribution in [2.24, 2.45) is 11.8 Å². The Morgan fingerprint density at radius 2 is 1.96 bits per heavy atom. The molecule has 0 bridgehead atoms. The maximum Gasteiger partial charge on any atom is 0.328 e. The highest BCUT2D eigenvalue weighted by Gasteiger charge is 2.25. The van der Waals surface area contributed by atoms with E-state index in [9.17, 15) is 19.2 Å². The largest absolute Gasteiger partial charge is 0.467 e. The van der Waals surface area contributed by atoms with Crippen LogP contribution in [-0.4, -0.2) is 43.3 Å². The van der Waals surface area contributed by atoms with Crippen LogP contribution in [0.4, 0.5) is 0 Å². The number of amides is 2. The molecule has 0 aromatic carbocycles. The summed E-state index contributed by atoms with van der Waals surface area (Å²) in [6.45, 7) is 0.211. The van der Waals surface area contributed by atoms with Gasteiger partial charge >= 0.3 is 5.97 Å². The molecular formula is C19H26N2O5. The minimum absolute atomic E-state index is 0.187. The van der Waals surface area contributed by atoms with Gasteiger partial charge in [-0.05, 0) is 49.7 Å². The number of rotatable bonds is 1. The van der Waals surface area contributed by atoms with Crippen molar-refractivity contribution < 1.29 is 23.9 Å². The van der Waals surface area contributed by atoms with Gasteiger partial charge in [0.05, 0.1) is 13.5 Å². The van der Waals surface area contributed by atoms with E-state index >= 15 is 0 Å². The molecule has 0 aromatic rings. The molecule has 3 atom stereocenters. The van der Waals surface area contributed by atoms with E-state index in [1.54, 1.807) is 0 Å². The Hall–Kier alpha value is -2.44. The molecule has 2 N–H and O–H groups in total. The zero-order chi connectivity index (χ0) is 18.9. The summed E-state index contributed by atoms with van der Waals surface area (Å²) < 4.78 is 4.67. The molecule has 2 amide bonds. The second kappa shape index (κ2) is 9.89. The molecular weight excluding hydrogens is 336 g/mol. The van der Waals surface area contributed by atoms with Crippen molar-refractivity contribution >= 4 is 23.6 Å². The third kappa shape index (κ3) is 6.13. The minimum Gasteiger partial charge on any atom is -0.467 e. The van der Waals surface area contributed by atoms with Crippen molar-refractivity contribution in [1.82, 2.24) is 10.6 Å². The van der Waals surface area contributed by atoms with Gasteiger partial charge in [0.15, 0.2) is 5.78 Å². The number of fused-ring (bicyclic) bond motifs is 1. The predicted molar refractivity (Wildman–Crippen MR) is 94.9 cm³/mol. The molecule has 7 heteroatoms. The summed E-state index contributed by atoms with van der Waals surface area (Å²) in [4.78, 5) is 47.7. The quantitative estimate of drug-likeness (QED) is 0.536. The Morgan fingerprint density at radius 3 is 2.73 bits per heavy atom. The Labute approximate surface area is 153 Å². The van der Waals surface area contributed by atoms with Gasteiger partial charge in [-0.25, -0.2) is 4.79 Å². The van der Waals surface area contributed by atoms with Crippen LogP contribution in [0.15, 0.2) is 24.3 Å². The van der Waals surface area contributed by atoms with Crippen LogP contribution in [0.1, 0.15) is 38.5 Å². The number of ketones is 1. The smallest absolute Gasteiger partial charge is 0.328 e. The molecule has 1 saturated carbocycles. The molecule has 7 nitrogen and oxygen atoms in total. The Kier molecular flexibility index (Phi) is 7.56. The van der Waals surface area contributed by atoms with Crippen LogP contribution in [0.2, 0.25) is 0 Å². The van der Waals surface area contributed by atoms with E-state index in [1.165, 1.54) is 19.3 Å². The maximum atomic E-state index is 12.0. The Balaban J connectivity index is 2.10. The summed E-state index contributed by atoms with van der Waals surface area (Å²) in [5.41, 5.74) is 0. The normalized spacial score (nSPS) is 28.2. The molecule has 3 unspecified atom stereocenters. The average Bonchev–Trinajstić information content (AvgIpc) is 3.05. The molecule has 1 aliphatic carbocycles. The fraction of sp³-hybridized carbons (Fsp3) is 0.579. The second-order valence-electron chi connectivity index (χ2n) is 6.72. The van der Waals surface area contributed by atoms with Gasteiger partial charge in [0.1, 0.15) is 6.04 Å². The number of ether oxygens (including phenoxy) is 1. The van der Waals surface area contributed by atoms with Crippen LogP contribution in [0, 0.1) is 11.8 Å². The Morgan fingerprint density at radius 1 is 1.15 bits per heavy atom. The molecule has 0 aromatic heterocycles. The molecule has 0 spiro atoms. The minimum atomic E-state index is -0.902. The number of carbonyl (C=O) groups is 4. The highest BCUT2D eigenvalue weighted by Crippen LogP contribution is 2.35. The lowest BCUT2D eigenvalue weighted by Crippen LogP contribution is -2.44. The van der Waals surface area contributed by atoms with E-state index in [4.69, 9.17) is 0 Å².